The monoisotopic (exact) mass is 192 g/mol. The summed E-state index contributed by atoms with van der Waals surface area (Å²) < 4.78 is 5.46. The minimum Gasteiger partial charge on any atom is -0.364 e. The standard InChI is InChI=1S/C13H20O/c1-3-4-10-14-11-12(2)13-8-6-5-7-9-13/h5-11H2,1-2H3. The molecule has 14 heavy (non-hydrogen) atoms. The minimum atomic E-state index is 0.571. The van der Waals surface area contributed by atoms with E-state index in [0.29, 0.717) is 6.61 Å². The van der Waals surface area contributed by atoms with Gasteiger partial charge < -0.3 is 4.74 Å². The molecule has 78 valence electrons. The van der Waals surface area contributed by atoms with E-state index in [-0.39, 0.29) is 0 Å². The highest BCUT2D eigenvalue weighted by atomic mass is 16.5. The molecule has 0 unspecified atom stereocenters. The summed E-state index contributed by atoms with van der Waals surface area (Å²) in [5.41, 5.74) is 3.06. The van der Waals surface area contributed by atoms with Crippen molar-refractivity contribution < 1.29 is 4.74 Å². The summed E-state index contributed by atoms with van der Waals surface area (Å²) in [7, 11) is 0. The fourth-order valence-electron chi connectivity index (χ4n) is 1.83. The molecule has 1 heteroatoms. The Kier molecular flexibility index (Phi) is 5.40. The second kappa shape index (κ2) is 6.68. The molecule has 1 rings (SSSR count). The van der Waals surface area contributed by atoms with Gasteiger partial charge in [-0.15, -0.1) is 5.92 Å². The molecular formula is C13H20O. The molecule has 0 radical (unpaired) electrons. The van der Waals surface area contributed by atoms with Gasteiger partial charge in [-0.25, -0.2) is 0 Å². The van der Waals surface area contributed by atoms with E-state index in [0.717, 1.165) is 6.61 Å². The van der Waals surface area contributed by atoms with Crippen LogP contribution in [0.2, 0.25) is 0 Å². The predicted molar refractivity (Wildman–Crippen MR) is 60.1 cm³/mol. The van der Waals surface area contributed by atoms with E-state index in [1.54, 1.807) is 5.57 Å². The Morgan fingerprint density at radius 1 is 1.29 bits per heavy atom. The largest absolute Gasteiger partial charge is 0.364 e. The fourth-order valence-corrected chi connectivity index (χ4v) is 1.83. The van der Waals surface area contributed by atoms with Gasteiger partial charge in [0, 0.05) is 0 Å². The molecule has 1 aliphatic carbocycles. The lowest BCUT2D eigenvalue weighted by Gasteiger charge is -2.16. The van der Waals surface area contributed by atoms with Gasteiger partial charge in [-0.2, -0.15) is 0 Å². The molecule has 0 aromatic heterocycles. The average molecular weight is 192 g/mol. The molecule has 1 saturated carbocycles. The number of rotatable bonds is 3. The van der Waals surface area contributed by atoms with Crippen LogP contribution in [0.25, 0.3) is 0 Å². The Hall–Kier alpha value is -0.740. The molecule has 1 fully saturated rings. The van der Waals surface area contributed by atoms with E-state index in [1.807, 2.05) is 6.92 Å². The summed E-state index contributed by atoms with van der Waals surface area (Å²) in [6.45, 7) is 5.38. The van der Waals surface area contributed by atoms with Crippen LogP contribution in [0, 0.1) is 11.8 Å². The molecule has 0 atom stereocenters. The third-order valence-electron chi connectivity index (χ3n) is 2.73. The molecule has 1 nitrogen and oxygen atoms in total. The first-order chi connectivity index (χ1) is 6.84. The summed E-state index contributed by atoms with van der Waals surface area (Å²) >= 11 is 0. The third-order valence-corrected chi connectivity index (χ3v) is 2.73. The van der Waals surface area contributed by atoms with Crippen molar-refractivity contribution in [2.24, 2.45) is 0 Å². The SMILES string of the molecule is CC#CCOCC(C)=C1CCCCC1. The highest BCUT2D eigenvalue weighted by molar-refractivity contribution is 5.14. The van der Waals surface area contributed by atoms with Crippen LogP contribution in [-0.2, 0) is 4.74 Å². The molecule has 0 aromatic carbocycles. The molecular weight excluding hydrogens is 172 g/mol. The highest BCUT2D eigenvalue weighted by Crippen LogP contribution is 2.25. The van der Waals surface area contributed by atoms with Gasteiger partial charge in [0.1, 0.15) is 6.61 Å². The normalized spacial score (nSPS) is 16.0. The second-order valence-electron chi connectivity index (χ2n) is 3.86. The van der Waals surface area contributed by atoms with Crippen molar-refractivity contribution in [3.8, 4) is 11.8 Å². The molecule has 0 saturated heterocycles. The number of hydrogen-bond acceptors (Lipinski definition) is 1. The van der Waals surface area contributed by atoms with E-state index in [9.17, 15) is 0 Å². The van der Waals surface area contributed by atoms with Crippen molar-refractivity contribution in [3.05, 3.63) is 11.1 Å². The molecule has 0 bridgehead atoms. The summed E-state index contributed by atoms with van der Waals surface area (Å²) in [5.74, 6) is 5.74. The summed E-state index contributed by atoms with van der Waals surface area (Å²) in [4.78, 5) is 0. The van der Waals surface area contributed by atoms with Crippen LogP contribution in [0.1, 0.15) is 46.0 Å². The lowest BCUT2D eigenvalue weighted by Crippen LogP contribution is -2.03. The van der Waals surface area contributed by atoms with Gasteiger partial charge in [0.25, 0.3) is 0 Å². The van der Waals surface area contributed by atoms with Crippen LogP contribution >= 0.6 is 0 Å². The van der Waals surface area contributed by atoms with Crippen molar-refractivity contribution >= 4 is 0 Å². The Bertz CT molecular complexity index is 244. The lowest BCUT2D eigenvalue weighted by atomic mass is 9.92. The van der Waals surface area contributed by atoms with Crippen molar-refractivity contribution in [1.29, 1.82) is 0 Å². The van der Waals surface area contributed by atoms with E-state index in [2.05, 4.69) is 18.8 Å². The lowest BCUT2D eigenvalue weighted by molar-refractivity contribution is 0.190. The Morgan fingerprint density at radius 2 is 2.00 bits per heavy atom. The summed E-state index contributed by atoms with van der Waals surface area (Å²) in [6.07, 6.45) is 6.70. The zero-order chi connectivity index (χ0) is 10.2. The van der Waals surface area contributed by atoms with Crippen molar-refractivity contribution in [2.75, 3.05) is 13.2 Å². The van der Waals surface area contributed by atoms with E-state index in [1.165, 1.54) is 37.7 Å². The molecule has 0 aliphatic heterocycles. The molecule has 0 N–H and O–H groups in total. The van der Waals surface area contributed by atoms with Gasteiger partial charge >= 0.3 is 0 Å². The van der Waals surface area contributed by atoms with Gasteiger partial charge in [-0.3, -0.25) is 0 Å². The maximum absolute atomic E-state index is 5.46. The maximum atomic E-state index is 5.46. The number of ether oxygens (including phenoxy) is 1. The molecule has 1 aliphatic rings. The Morgan fingerprint density at radius 3 is 2.64 bits per heavy atom. The van der Waals surface area contributed by atoms with E-state index >= 15 is 0 Å². The van der Waals surface area contributed by atoms with Crippen molar-refractivity contribution in [2.45, 2.75) is 46.0 Å². The van der Waals surface area contributed by atoms with Gasteiger partial charge in [-0.1, -0.05) is 17.9 Å². The number of allylic oxidation sites excluding steroid dienone is 1. The molecule has 0 spiro atoms. The predicted octanol–water partition coefficient (Wildman–Crippen LogP) is 3.31. The molecule has 0 amide bonds. The Balaban J connectivity index is 2.29. The van der Waals surface area contributed by atoms with Crippen molar-refractivity contribution in [3.63, 3.8) is 0 Å². The van der Waals surface area contributed by atoms with Gasteiger partial charge in [-0.05, 0) is 45.1 Å². The quantitative estimate of drug-likeness (QED) is 0.379. The highest BCUT2D eigenvalue weighted by Gasteiger charge is 2.07. The maximum Gasteiger partial charge on any atom is 0.108 e. The Labute approximate surface area is 87.5 Å². The van der Waals surface area contributed by atoms with Crippen LogP contribution in [-0.4, -0.2) is 13.2 Å². The van der Waals surface area contributed by atoms with E-state index < -0.39 is 0 Å². The zero-order valence-electron chi connectivity index (χ0n) is 9.36. The topological polar surface area (TPSA) is 9.23 Å². The first kappa shape index (κ1) is 11.3. The van der Waals surface area contributed by atoms with E-state index in [4.69, 9.17) is 4.74 Å². The molecule has 0 heterocycles. The zero-order valence-corrected chi connectivity index (χ0v) is 9.36. The van der Waals surface area contributed by atoms with Gasteiger partial charge in [0.05, 0.1) is 6.61 Å². The second-order valence-corrected chi connectivity index (χ2v) is 3.86. The fraction of sp³-hybridized carbons (Fsp3) is 0.692. The first-order valence-electron chi connectivity index (χ1n) is 5.49. The average Bonchev–Trinajstić information content (AvgIpc) is 2.25. The minimum absolute atomic E-state index is 0.571. The summed E-state index contributed by atoms with van der Waals surface area (Å²) in [6, 6.07) is 0. The third kappa shape index (κ3) is 3.98. The first-order valence-corrected chi connectivity index (χ1v) is 5.49. The van der Waals surface area contributed by atoms with Crippen LogP contribution in [0.5, 0.6) is 0 Å². The van der Waals surface area contributed by atoms with Crippen molar-refractivity contribution in [1.82, 2.24) is 0 Å². The smallest absolute Gasteiger partial charge is 0.108 e. The summed E-state index contributed by atoms with van der Waals surface area (Å²) in [5, 5.41) is 0. The van der Waals surface area contributed by atoms with Crippen LogP contribution < -0.4 is 0 Å². The van der Waals surface area contributed by atoms with Gasteiger partial charge in [0.2, 0.25) is 0 Å². The molecule has 0 aromatic rings. The van der Waals surface area contributed by atoms with Crippen LogP contribution in [0.4, 0.5) is 0 Å². The number of hydrogen-bond donors (Lipinski definition) is 0. The van der Waals surface area contributed by atoms with Gasteiger partial charge in [0.15, 0.2) is 0 Å². The van der Waals surface area contributed by atoms with Crippen LogP contribution in [0.3, 0.4) is 0 Å². The van der Waals surface area contributed by atoms with Crippen LogP contribution in [0.15, 0.2) is 11.1 Å².